The normalized spacial score (nSPS) is 14.4. The van der Waals surface area contributed by atoms with Crippen LogP contribution in [0.4, 0.5) is 0 Å². The quantitative estimate of drug-likeness (QED) is 0.153. The fourth-order valence-electron chi connectivity index (χ4n) is 0.258. The molecule has 0 fully saturated rings. The molecule has 0 aliphatic heterocycles. The van der Waals surface area contributed by atoms with Gasteiger partial charge in [0.25, 0.3) is 0 Å². The minimum absolute atomic E-state index is 0. The van der Waals surface area contributed by atoms with Gasteiger partial charge in [0.1, 0.15) is 0 Å². The topological polar surface area (TPSA) is 217 Å². The third-order valence-corrected chi connectivity index (χ3v) is 5.01. The van der Waals surface area contributed by atoms with Gasteiger partial charge >= 0.3 is 133 Å². The maximum atomic E-state index is 10.5. The van der Waals surface area contributed by atoms with Gasteiger partial charge in [-0.2, -0.15) is 4.67 Å². The first kappa shape index (κ1) is 39.4. The molecule has 4 N–H and O–H groups in total. The Morgan fingerprint density at radius 2 is 1.15 bits per heavy atom. The molecule has 2 unspecified atom stereocenters. The standard InChI is InChI=1S/C2H8O7P2.4Na.O4Si/c1-2(10(4,5)6)11(7,8)9-3;;;;;1-5(2,3)4/h2-3H,1H3,(H,7,8)(H2,4,5,6);;;;;/q;4*+1;-4. The van der Waals surface area contributed by atoms with Crippen LogP contribution in [0.2, 0.25) is 0 Å². The van der Waals surface area contributed by atoms with Gasteiger partial charge in [-0.25, -0.2) is 5.26 Å². The zero-order chi connectivity index (χ0) is 13.8. The number of rotatable bonds is 3. The maximum absolute atomic E-state index is 10.5. The summed E-state index contributed by atoms with van der Waals surface area (Å²) >= 11 is 0. The second kappa shape index (κ2) is 16.8. The predicted molar refractivity (Wildman–Crippen MR) is 40.8 cm³/mol. The van der Waals surface area contributed by atoms with E-state index in [1.54, 1.807) is 0 Å². The third-order valence-electron chi connectivity index (χ3n) is 1.08. The van der Waals surface area contributed by atoms with Crippen molar-refractivity contribution in [2.24, 2.45) is 0 Å². The van der Waals surface area contributed by atoms with E-state index >= 15 is 0 Å². The summed E-state index contributed by atoms with van der Waals surface area (Å²) in [4.78, 5) is 59.5. The van der Waals surface area contributed by atoms with Gasteiger partial charge in [0.15, 0.2) is 5.40 Å². The van der Waals surface area contributed by atoms with Crippen LogP contribution in [0.15, 0.2) is 0 Å². The van der Waals surface area contributed by atoms with Crippen molar-refractivity contribution < 1.29 is 171 Å². The molecular weight excluding hydrogens is 382 g/mol. The molecule has 0 amide bonds. The first-order valence-electron chi connectivity index (χ1n) is 3.24. The van der Waals surface area contributed by atoms with Gasteiger partial charge in [0.05, 0.1) is 0 Å². The van der Waals surface area contributed by atoms with Crippen LogP contribution >= 0.6 is 15.2 Å². The molecule has 0 saturated carbocycles. The molecule has 0 spiro atoms. The molecule has 0 radical (unpaired) electrons. The molecule has 0 aromatic heterocycles. The van der Waals surface area contributed by atoms with Crippen LogP contribution in [0.5, 0.6) is 0 Å². The van der Waals surface area contributed by atoms with E-state index in [1.165, 1.54) is 0 Å². The first-order chi connectivity index (χ1) is 6.72. The average Bonchev–Trinajstić information content (AvgIpc) is 1.98. The van der Waals surface area contributed by atoms with E-state index in [1.807, 2.05) is 0 Å². The van der Waals surface area contributed by atoms with Crippen molar-refractivity contribution in [1.29, 1.82) is 0 Å². The molecule has 0 saturated heterocycles. The molecule has 0 heterocycles. The van der Waals surface area contributed by atoms with Crippen LogP contribution in [-0.4, -0.2) is 34.4 Å². The summed E-state index contributed by atoms with van der Waals surface area (Å²) in [5, 5.41) is 5.85. The fourth-order valence-corrected chi connectivity index (χ4v) is 2.04. The Bertz CT molecular complexity index is 297. The van der Waals surface area contributed by atoms with Crippen LogP contribution in [-0.2, 0) is 13.8 Å². The van der Waals surface area contributed by atoms with Gasteiger partial charge in [-0.05, 0) is 6.92 Å². The minimum Gasteiger partial charge on any atom is -0.894 e. The largest absolute Gasteiger partial charge is 1.00 e. The van der Waals surface area contributed by atoms with Crippen molar-refractivity contribution >= 4 is 24.2 Å². The molecule has 0 aromatic rings. The Morgan fingerprint density at radius 3 is 1.20 bits per heavy atom. The van der Waals surface area contributed by atoms with E-state index in [4.69, 9.17) is 39.1 Å². The Hall–Kier alpha value is 4.32. The van der Waals surface area contributed by atoms with Gasteiger partial charge in [-0.15, -0.1) is 0 Å². The summed E-state index contributed by atoms with van der Waals surface area (Å²) in [6.45, 7) is 0.803. The van der Waals surface area contributed by atoms with Gasteiger partial charge in [0.2, 0.25) is 0 Å². The van der Waals surface area contributed by atoms with Gasteiger partial charge in [0, 0.05) is 0 Å². The summed E-state index contributed by atoms with van der Waals surface area (Å²) in [6.07, 6.45) is 0. The monoisotopic (exact) mass is 390 g/mol. The van der Waals surface area contributed by atoms with Crippen molar-refractivity contribution in [2.75, 3.05) is 0 Å². The summed E-state index contributed by atoms with van der Waals surface area (Å²) in [5.74, 6) is 0. The second-order valence-corrected chi connectivity index (χ2v) is 7.79. The summed E-state index contributed by atoms with van der Waals surface area (Å²) < 4.78 is 23.9. The molecule has 0 aliphatic carbocycles. The average molecular weight is 390 g/mol. The molecule has 18 heteroatoms. The van der Waals surface area contributed by atoms with Crippen LogP contribution in [0, 0.1) is 0 Å². The van der Waals surface area contributed by atoms with Crippen molar-refractivity contribution in [3.8, 4) is 0 Å². The zero-order valence-electron chi connectivity index (χ0n) is 11.6. The molecule has 100 valence electrons. The van der Waals surface area contributed by atoms with Crippen LogP contribution in [0.1, 0.15) is 6.92 Å². The zero-order valence-corrected chi connectivity index (χ0v) is 22.4. The van der Waals surface area contributed by atoms with E-state index in [0.717, 1.165) is 6.92 Å². The predicted octanol–water partition coefficient (Wildman–Crippen LogP) is -16.9. The van der Waals surface area contributed by atoms with Gasteiger partial charge < -0.3 is 42.9 Å². The first-order valence-corrected chi connectivity index (χ1v) is 8.20. The smallest absolute Gasteiger partial charge is 0.894 e. The minimum atomic E-state index is -5.61. The molecule has 0 aromatic carbocycles. The van der Waals surface area contributed by atoms with Crippen LogP contribution in [0.3, 0.4) is 0 Å². The van der Waals surface area contributed by atoms with Crippen molar-refractivity contribution in [3.05, 3.63) is 0 Å². The van der Waals surface area contributed by atoms with E-state index in [9.17, 15) is 9.13 Å². The van der Waals surface area contributed by atoms with Crippen LogP contribution in [0.25, 0.3) is 0 Å². The summed E-state index contributed by atoms with van der Waals surface area (Å²) in [7, 11) is -14.9. The van der Waals surface area contributed by atoms with Crippen molar-refractivity contribution in [3.63, 3.8) is 0 Å². The molecule has 0 aliphatic rings. The Labute approximate surface area is 204 Å². The Balaban J connectivity index is -0.0000000482. The molecule has 11 nitrogen and oxygen atoms in total. The second-order valence-electron chi connectivity index (χ2n) is 2.37. The van der Waals surface area contributed by atoms with E-state index in [-0.39, 0.29) is 118 Å². The van der Waals surface area contributed by atoms with Gasteiger partial charge in [-0.3, -0.25) is 9.13 Å². The number of hydrogen-bond donors (Lipinski definition) is 4. The van der Waals surface area contributed by atoms with Gasteiger partial charge in [-0.1, -0.05) is 0 Å². The van der Waals surface area contributed by atoms with Crippen molar-refractivity contribution in [2.45, 2.75) is 12.3 Å². The van der Waals surface area contributed by atoms with Crippen molar-refractivity contribution in [1.82, 2.24) is 0 Å². The fraction of sp³-hybridized carbons (Fsp3) is 1.00. The molecule has 20 heavy (non-hydrogen) atoms. The Morgan fingerprint density at radius 1 is 0.950 bits per heavy atom. The van der Waals surface area contributed by atoms with E-state index < -0.39 is 29.6 Å². The maximum Gasteiger partial charge on any atom is 1.00 e. The van der Waals surface area contributed by atoms with E-state index in [2.05, 4.69) is 4.67 Å². The summed E-state index contributed by atoms with van der Waals surface area (Å²) in [5.41, 5.74) is 0. The molecule has 2 atom stereocenters. The SMILES string of the molecule is CC(P(=O)(O)O)P(=O)(O)OO.[Na+].[Na+].[Na+].[Na+].[O-][Si]([O-])([O-])[O-]. The van der Waals surface area contributed by atoms with E-state index in [0.29, 0.717) is 0 Å². The summed E-state index contributed by atoms with van der Waals surface area (Å²) in [6, 6.07) is 0. The Kier molecular flexibility index (Phi) is 33.0. The van der Waals surface area contributed by atoms with Crippen LogP contribution < -0.4 is 137 Å². The molecule has 0 bridgehead atoms. The third kappa shape index (κ3) is 27.2. The molecular formula is C2H8Na4O11P2Si. The molecule has 0 rings (SSSR count). The number of hydrogen-bond acceptors (Lipinski definition) is 8.